The number of aromatic nitrogens is 2. The molecular formula is C17H16FN3O4S. The van der Waals surface area contributed by atoms with Crippen LogP contribution in [0.1, 0.15) is 21.6 Å². The number of rotatable bonds is 5. The number of aryl methyl sites for hydroxylation is 1. The van der Waals surface area contributed by atoms with Crippen molar-refractivity contribution in [2.24, 2.45) is 0 Å². The van der Waals surface area contributed by atoms with E-state index in [9.17, 15) is 17.6 Å². The van der Waals surface area contributed by atoms with Crippen molar-refractivity contribution >= 4 is 21.6 Å². The summed E-state index contributed by atoms with van der Waals surface area (Å²) in [5, 5.41) is 0. The monoisotopic (exact) mass is 377 g/mol. The first-order valence-electron chi connectivity index (χ1n) is 7.64. The summed E-state index contributed by atoms with van der Waals surface area (Å²) in [5.41, 5.74) is 1.77. The number of benzene rings is 1. The molecule has 1 aromatic carbocycles. The Labute approximate surface area is 149 Å². The molecule has 0 radical (unpaired) electrons. The van der Waals surface area contributed by atoms with Crippen molar-refractivity contribution in [3.8, 4) is 0 Å². The van der Waals surface area contributed by atoms with Gasteiger partial charge in [0.1, 0.15) is 18.1 Å². The SMILES string of the molecule is CNS(=O)(=O)c1ccc(F)c(C(=O)OCc2cn3cc(C)ccc3n2)c1. The topological polar surface area (TPSA) is 89.8 Å². The second-order valence-electron chi connectivity index (χ2n) is 5.63. The Morgan fingerprint density at radius 3 is 2.77 bits per heavy atom. The summed E-state index contributed by atoms with van der Waals surface area (Å²) in [4.78, 5) is 16.2. The lowest BCUT2D eigenvalue weighted by molar-refractivity contribution is 0.0462. The van der Waals surface area contributed by atoms with E-state index in [0.717, 1.165) is 23.8 Å². The molecule has 0 amide bonds. The van der Waals surface area contributed by atoms with Crippen molar-refractivity contribution in [1.29, 1.82) is 0 Å². The minimum atomic E-state index is -3.80. The molecule has 136 valence electrons. The number of carbonyl (C=O) groups is 1. The van der Waals surface area contributed by atoms with Gasteiger partial charge in [0.25, 0.3) is 0 Å². The predicted molar refractivity (Wildman–Crippen MR) is 91.7 cm³/mol. The number of hydrogen-bond acceptors (Lipinski definition) is 5. The van der Waals surface area contributed by atoms with Gasteiger partial charge in [-0.3, -0.25) is 0 Å². The zero-order chi connectivity index (χ0) is 18.9. The van der Waals surface area contributed by atoms with Gasteiger partial charge in [0.05, 0.1) is 16.2 Å². The van der Waals surface area contributed by atoms with Gasteiger partial charge in [-0.15, -0.1) is 0 Å². The molecule has 0 aliphatic rings. The maximum Gasteiger partial charge on any atom is 0.341 e. The van der Waals surface area contributed by atoms with Crippen molar-refractivity contribution in [2.75, 3.05) is 7.05 Å². The number of esters is 1. The van der Waals surface area contributed by atoms with Gasteiger partial charge in [-0.2, -0.15) is 0 Å². The molecule has 3 rings (SSSR count). The van der Waals surface area contributed by atoms with Gasteiger partial charge in [-0.1, -0.05) is 6.07 Å². The number of nitrogens with zero attached hydrogens (tertiary/aromatic N) is 2. The zero-order valence-corrected chi connectivity index (χ0v) is 14.9. The van der Waals surface area contributed by atoms with Crippen molar-refractivity contribution < 1.29 is 22.3 Å². The van der Waals surface area contributed by atoms with Gasteiger partial charge in [-0.05, 0) is 43.8 Å². The van der Waals surface area contributed by atoms with Crippen LogP contribution in [0.25, 0.3) is 5.65 Å². The number of carbonyl (C=O) groups excluding carboxylic acids is 1. The third-order valence-electron chi connectivity index (χ3n) is 3.74. The highest BCUT2D eigenvalue weighted by Crippen LogP contribution is 2.17. The summed E-state index contributed by atoms with van der Waals surface area (Å²) in [6.45, 7) is 1.77. The van der Waals surface area contributed by atoms with Crippen LogP contribution in [-0.2, 0) is 21.4 Å². The van der Waals surface area contributed by atoms with Gasteiger partial charge >= 0.3 is 5.97 Å². The summed E-state index contributed by atoms with van der Waals surface area (Å²) in [6, 6.07) is 6.65. The van der Waals surface area contributed by atoms with E-state index in [1.54, 1.807) is 10.6 Å². The molecule has 26 heavy (non-hydrogen) atoms. The highest BCUT2D eigenvalue weighted by molar-refractivity contribution is 7.89. The summed E-state index contributed by atoms with van der Waals surface area (Å²) in [5.74, 6) is -1.83. The molecular weight excluding hydrogens is 361 g/mol. The lowest BCUT2D eigenvalue weighted by Gasteiger charge is -2.07. The number of nitrogens with one attached hydrogen (secondary N) is 1. The van der Waals surface area contributed by atoms with Crippen molar-refractivity contribution in [3.05, 3.63) is 65.4 Å². The Morgan fingerprint density at radius 2 is 2.04 bits per heavy atom. The average Bonchev–Trinajstić information content (AvgIpc) is 3.01. The van der Waals surface area contributed by atoms with Crippen LogP contribution in [0, 0.1) is 12.7 Å². The van der Waals surface area contributed by atoms with Gasteiger partial charge < -0.3 is 9.14 Å². The van der Waals surface area contributed by atoms with Crippen LogP contribution in [0.15, 0.2) is 47.6 Å². The van der Waals surface area contributed by atoms with E-state index in [1.165, 1.54) is 7.05 Å². The molecule has 0 aliphatic carbocycles. The van der Waals surface area contributed by atoms with E-state index in [4.69, 9.17) is 4.74 Å². The molecule has 0 unspecified atom stereocenters. The summed E-state index contributed by atoms with van der Waals surface area (Å²) in [6.07, 6.45) is 3.58. The van der Waals surface area contributed by atoms with E-state index in [2.05, 4.69) is 9.71 Å². The molecule has 0 spiro atoms. The summed E-state index contributed by atoms with van der Waals surface area (Å²) >= 11 is 0. The molecule has 3 aromatic rings. The number of pyridine rings is 1. The van der Waals surface area contributed by atoms with E-state index in [1.807, 2.05) is 25.3 Å². The summed E-state index contributed by atoms with van der Waals surface area (Å²) in [7, 11) is -2.58. The molecule has 0 atom stereocenters. The lowest BCUT2D eigenvalue weighted by atomic mass is 10.2. The number of fused-ring (bicyclic) bond motifs is 1. The first-order chi connectivity index (χ1) is 12.3. The largest absolute Gasteiger partial charge is 0.455 e. The van der Waals surface area contributed by atoms with E-state index >= 15 is 0 Å². The van der Waals surface area contributed by atoms with E-state index in [-0.39, 0.29) is 11.5 Å². The fraction of sp³-hybridized carbons (Fsp3) is 0.176. The number of hydrogen-bond donors (Lipinski definition) is 1. The van der Waals surface area contributed by atoms with Crippen molar-refractivity contribution in [2.45, 2.75) is 18.4 Å². The van der Waals surface area contributed by atoms with E-state index in [0.29, 0.717) is 11.3 Å². The second-order valence-corrected chi connectivity index (χ2v) is 7.52. The fourth-order valence-electron chi connectivity index (χ4n) is 2.39. The fourth-order valence-corrected chi connectivity index (χ4v) is 3.14. The van der Waals surface area contributed by atoms with Crippen LogP contribution in [0.2, 0.25) is 0 Å². The molecule has 0 saturated carbocycles. The predicted octanol–water partition coefficient (Wildman–Crippen LogP) is 2.05. The number of sulfonamides is 1. The molecule has 0 saturated heterocycles. The normalized spacial score (nSPS) is 11.7. The first kappa shape index (κ1) is 18.0. The van der Waals surface area contributed by atoms with Crippen LogP contribution in [0.3, 0.4) is 0 Å². The smallest absolute Gasteiger partial charge is 0.341 e. The standard InChI is InChI=1S/C17H16FN3O4S/c1-11-3-6-16-20-12(9-21(16)8-11)10-25-17(22)14-7-13(4-5-15(14)18)26(23,24)19-2/h3-9,19H,10H2,1-2H3. The minimum Gasteiger partial charge on any atom is -0.455 e. The second kappa shape index (κ2) is 6.85. The Kier molecular flexibility index (Phi) is 4.75. The maximum absolute atomic E-state index is 13.9. The van der Waals surface area contributed by atoms with Crippen LogP contribution in [-0.4, -0.2) is 30.8 Å². The van der Waals surface area contributed by atoms with Crippen LogP contribution >= 0.6 is 0 Å². The molecule has 0 fully saturated rings. The van der Waals surface area contributed by atoms with Gasteiger partial charge in [-0.25, -0.2) is 27.3 Å². The molecule has 2 heterocycles. The van der Waals surface area contributed by atoms with Crippen LogP contribution < -0.4 is 4.72 Å². The number of ether oxygens (including phenoxy) is 1. The van der Waals surface area contributed by atoms with E-state index < -0.39 is 27.4 Å². The van der Waals surface area contributed by atoms with Gasteiger partial charge in [0.2, 0.25) is 10.0 Å². The quantitative estimate of drug-likeness (QED) is 0.688. The molecule has 2 aromatic heterocycles. The number of imidazole rings is 1. The lowest BCUT2D eigenvalue weighted by Crippen LogP contribution is -2.19. The Balaban J connectivity index is 1.80. The number of halogens is 1. The Hall–Kier alpha value is -2.78. The van der Waals surface area contributed by atoms with Crippen LogP contribution in [0.5, 0.6) is 0 Å². The Morgan fingerprint density at radius 1 is 1.27 bits per heavy atom. The molecule has 7 nitrogen and oxygen atoms in total. The maximum atomic E-state index is 13.9. The van der Waals surface area contributed by atoms with Crippen LogP contribution in [0.4, 0.5) is 4.39 Å². The van der Waals surface area contributed by atoms with Gasteiger partial charge in [0.15, 0.2) is 0 Å². The third kappa shape index (κ3) is 3.58. The highest BCUT2D eigenvalue weighted by atomic mass is 32.2. The Bertz CT molecular complexity index is 1090. The molecule has 9 heteroatoms. The minimum absolute atomic E-state index is 0.165. The first-order valence-corrected chi connectivity index (χ1v) is 9.13. The van der Waals surface area contributed by atoms with Crippen molar-refractivity contribution in [1.82, 2.24) is 14.1 Å². The van der Waals surface area contributed by atoms with Crippen molar-refractivity contribution in [3.63, 3.8) is 0 Å². The molecule has 0 bridgehead atoms. The average molecular weight is 377 g/mol. The highest BCUT2D eigenvalue weighted by Gasteiger charge is 2.19. The summed E-state index contributed by atoms with van der Waals surface area (Å²) < 4.78 is 46.5. The third-order valence-corrected chi connectivity index (χ3v) is 5.15. The zero-order valence-electron chi connectivity index (χ0n) is 14.1. The molecule has 1 N–H and O–H groups in total. The van der Waals surface area contributed by atoms with Gasteiger partial charge in [0, 0.05) is 12.4 Å². The molecule has 0 aliphatic heterocycles.